The van der Waals surface area contributed by atoms with E-state index >= 15 is 0 Å². The van der Waals surface area contributed by atoms with Gasteiger partial charge in [0.15, 0.2) is 0 Å². The van der Waals surface area contributed by atoms with Gasteiger partial charge in [-0.2, -0.15) is 18.2 Å². The first-order valence-electron chi connectivity index (χ1n) is 7.93. The minimum atomic E-state index is -4.34. The lowest BCUT2D eigenvalue weighted by molar-refractivity contribution is -0.137. The number of halogens is 3. The number of aromatic nitrogens is 2. The molecule has 23 heavy (non-hydrogen) atoms. The first-order chi connectivity index (χ1) is 10.9. The van der Waals surface area contributed by atoms with E-state index in [1.807, 2.05) is 4.57 Å². The smallest absolute Gasteiger partial charge is 0.416 e. The number of imidazole rings is 1. The summed E-state index contributed by atoms with van der Waals surface area (Å²) in [5.74, 6) is 0.468. The molecule has 1 aromatic heterocycles. The molecule has 1 aromatic carbocycles. The molecule has 0 amide bonds. The van der Waals surface area contributed by atoms with Crippen LogP contribution in [0.25, 0.3) is 11.0 Å². The Kier molecular flexibility index (Phi) is 2.49. The van der Waals surface area contributed by atoms with Crippen LogP contribution in [0.15, 0.2) is 18.2 Å². The molecule has 0 unspecified atom stereocenters. The Balaban J connectivity index is 1.58. The van der Waals surface area contributed by atoms with Gasteiger partial charge in [-0.1, -0.05) is 0 Å². The van der Waals surface area contributed by atoms with Crippen LogP contribution >= 0.6 is 0 Å². The second-order valence-corrected chi connectivity index (χ2v) is 6.90. The third-order valence-corrected chi connectivity index (χ3v) is 5.58. The number of fused-ring (bicyclic) bond motifs is 5. The van der Waals surface area contributed by atoms with E-state index in [4.69, 9.17) is 4.74 Å². The maximum Gasteiger partial charge on any atom is 0.416 e. The van der Waals surface area contributed by atoms with Crippen molar-refractivity contribution in [1.82, 2.24) is 14.5 Å². The average Bonchev–Trinajstić information content (AvgIpc) is 3.01. The second-order valence-electron chi connectivity index (χ2n) is 6.90. The van der Waals surface area contributed by atoms with Crippen molar-refractivity contribution < 1.29 is 17.9 Å². The van der Waals surface area contributed by atoms with Gasteiger partial charge < -0.3 is 4.74 Å². The maximum atomic E-state index is 13.0. The zero-order valence-electron chi connectivity index (χ0n) is 12.4. The molecule has 4 aliphatic heterocycles. The van der Waals surface area contributed by atoms with E-state index in [1.165, 1.54) is 12.1 Å². The number of benzene rings is 1. The van der Waals surface area contributed by atoms with E-state index in [9.17, 15) is 13.2 Å². The van der Waals surface area contributed by atoms with Crippen molar-refractivity contribution >= 4 is 11.0 Å². The molecule has 5 heterocycles. The minimum Gasteiger partial charge on any atom is -0.454 e. The van der Waals surface area contributed by atoms with E-state index in [2.05, 4.69) is 9.88 Å². The number of ether oxygens (including phenoxy) is 1. The molecule has 3 fully saturated rings. The third-order valence-electron chi connectivity index (χ3n) is 5.58. The molecule has 122 valence electrons. The highest BCUT2D eigenvalue weighted by atomic mass is 19.4. The molecule has 2 aromatic rings. The predicted molar refractivity (Wildman–Crippen MR) is 77.3 cm³/mol. The van der Waals surface area contributed by atoms with Crippen LogP contribution in [0.1, 0.15) is 18.4 Å². The Morgan fingerprint density at radius 3 is 2.61 bits per heavy atom. The summed E-state index contributed by atoms with van der Waals surface area (Å²) in [6.45, 7) is 3.64. The fourth-order valence-electron chi connectivity index (χ4n) is 4.41. The summed E-state index contributed by atoms with van der Waals surface area (Å²) in [6.07, 6.45) is -2.15. The van der Waals surface area contributed by atoms with Crippen molar-refractivity contribution in [3.8, 4) is 6.01 Å². The molecule has 4 aliphatic rings. The number of alkyl halides is 3. The van der Waals surface area contributed by atoms with E-state index in [1.54, 1.807) is 0 Å². The quantitative estimate of drug-likeness (QED) is 0.747. The molecule has 0 aliphatic carbocycles. The van der Waals surface area contributed by atoms with Crippen molar-refractivity contribution in [3.63, 3.8) is 0 Å². The first-order valence-corrected chi connectivity index (χ1v) is 7.93. The average molecular weight is 323 g/mol. The molecule has 6 rings (SSSR count). The van der Waals surface area contributed by atoms with Gasteiger partial charge in [-0.25, -0.2) is 0 Å². The lowest BCUT2D eigenvalue weighted by Crippen LogP contribution is -2.61. The topological polar surface area (TPSA) is 30.3 Å². The number of piperidine rings is 3. The highest BCUT2D eigenvalue weighted by Gasteiger charge is 2.53. The number of rotatable bonds is 0. The first kappa shape index (κ1) is 13.7. The van der Waals surface area contributed by atoms with Gasteiger partial charge in [-0.05, 0) is 44.1 Å². The summed E-state index contributed by atoms with van der Waals surface area (Å²) in [6, 6.07) is 4.16. The number of hydrogen-bond donors (Lipinski definition) is 0. The maximum absolute atomic E-state index is 13.0. The SMILES string of the molecule is FC(F)(F)c1ccc2nc3n(c2c1)C[C@]1(CN2CCC1CC2)O3. The number of nitrogens with zero attached hydrogens (tertiary/aromatic N) is 3. The fraction of sp³-hybridized carbons (Fsp3) is 0.562. The van der Waals surface area contributed by atoms with Crippen LogP contribution in [0, 0.1) is 5.92 Å². The molecule has 7 heteroatoms. The minimum absolute atomic E-state index is 0.304. The largest absolute Gasteiger partial charge is 0.454 e. The summed E-state index contributed by atoms with van der Waals surface area (Å²) >= 11 is 0. The second kappa shape index (κ2) is 4.20. The van der Waals surface area contributed by atoms with Gasteiger partial charge >= 0.3 is 6.18 Å². The lowest BCUT2D eigenvalue weighted by atomic mass is 9.75. The van der Waals surface area contributed by atoms with Crippen LogP contribution in [0.5, 0.6) is 6.01 Å². The zero-order valence-corrected chi connectivity index (χ0v) is 12.4. The molecule has 2 bridgehead atoms. The van der Waals surface area contributed by atoms with Crippen LogP contribution in [-0.4, -0.2) is 39.7 Å². The van der Waals surface area contributed by atoms with Gasteiger partial charge in [0.05, 0.1) is 23.1 Å². The molecule has 0 radical (unpaired) electrons. The molecule has 3 saturated heterocycles. The molecule has 1 spiro atoms. The van der Waals surface area contributed by atoms with Crippen molar-refractivity contribution in [1.29, 1.82) is 0 Å². The van der Waals surface area contributed by atoms with E-state index in [0.717, 1.165) is 38.5 Å². The standard InChI is InChI=1S/C16H16F3N3O/c17-16(18,19)11-1-2-12-13(7-11)22-9-15(23-14(22)20-12)8-21-5-3-10(15)4-6-21/h1-2,7,10H,3-6,8-9H2/t15-/m0/s1. The van der Waals surface area contributed by atoms with Crippen molar-refractivity contribution in [2.45, 2.75) is 31.2 Å². The summed E-state index contributed by atoms with van der Waals surface area (Å²) in [5.41, 5.74) is 0.135. The summed E-state index contributed by atoms with van der Waals surface area (Å²) in [5, 5.41) is 0. The molecule has 0 saturated carbocycles. The van der Waals surface area contributed by atoms with Gasteiger partial charge in [0.2, 0.25) is 0 Å². The van der Waals surface area contributed by atoms with Crippen LogP contribution in [-0.2, 0) is 12.7 Å². The Labute approximate surface area is 130 Å². The highest BCUT2D eigenvalue weighted by Crippen LogP contribution is 2.45. The zero-order chi connectivity index (χ0) is 15.8. The van der Waals surface area contributed by atoms with Crippen LogP contribution in [0.2, 0.25) is 0 Å². The number of hydrogen-bond acceptors (Lipinski definition) is 3. The van der Waals surface area contributed by atoms with Crippen LogP contribution in [0.4, 0.5) is 13.2 Å². The third kappa shape index (κ3) is 1.86. The Morgan fingerprint density at radius 2 is 1.96 bits per heavy atom. The van der Waals surface area contributed by atoms with Gasteiger partial charge in [0, 0.05) is 12.5 Å². The van der Waals surface area contributed by atoms with Crippen LogP contribution < -0.4 is 4.74 Å². The molecule has 0 N–H and O–H groups in total. The van der Waals surface area contributed by atoms with Gasteiger partial charge in [0.1, 0.15) is 5.60 Å². The Morgan fingerprint density at radius 1 is 1.17 bits per heavy atom. The predicted octanol–water partition coefficient (Wildman–Crippen LogP) is 2.91. The van der Waals surface area contributed by atoms with E-state index in [-0.39, 0.29) is 5.60 Å². The summed E-state index contributed by atoms with van der Waals surface area (Å²) < 4.78 is 47.0. The van der Waals surface area contributed by atoms with E-state index < -0.39 is 11.7 Å². The van der Waals surface area contributed by atoms with E-state index in [0.29, 0.717) is 29.5 Å². The molecule has 1 atom stereocenters. The Hall–Kier alpha value is -1.76. The molecular formula is C16H16F3N3O. The fourth-order valence-corrected chi connectivity index (χ4v) is 4.41. The van der Waals surface area contributed by atoms with Crippen molar-refractivity contribution in [2.24, 2.45) is 5.92 Å². The summed E-state index contributed by atoms with van der Waals surface area (Å²) in [7, 11) is 0. The molecular weight excluding hydrogens is 307 g/mol. The van der Waals surface area contributed by atoms with Gasteiger partial charge in [0.25, 0.3) is 6.01 Å². The monoisotopic (exact) mass is 323 g/mol. The Bertz CT molecular complexity index is 792. The molecule has 4 nitrogen and oxygen atoms in total. The lowest BCUT2D eigenvalue weighted by Gasteiger charge is -2.50. The van der Waals surface area contributed by atoms with Crippen molar-refractivity contribution in [3.05, 3.63) is 23.8 Å². The highest BCUT2D eigenvalue weighted by molar-refractivity contribution is 5.78. The van der Waals surface area contributed by atoms with Gasteiger partial charge in [-0.3, -0.25) is 9.47 Å². The van der Waals surface area contributed by atoms with Gasteiger partial charge in [-0.15, -0.1) is 0 Å². The van der Waals surface area contributed by atoms with Crippen molar-refractivity contribution in [2.75, 3.05) is 19.6 Å². The summed E-state index contributed by atoms with van der Waals surface area (Å²) in [4.78, 5) is 6.79. The van der Waals surface area contributed by atoms with Crippen LogP contribution in [0.3, 0.4) is 0 Å². The normalized spacial score (nSPS) is 32.5.